The molecular weight excluding hydrogens is 767 g/mol. The van der Waals surface area contributed by atoms with Crippen molar-refractivity contribution in [3.8, 4) is 0 Å². The van der Waals surface area contributed by atoms with Gasteiger partial charge in [-0.15, -0.1) is 0 Å². The minimum atomic E-state index is -5.12. The molecule has 342 valence electrons. The fourth-order valence-corrected chi connectivity index (χ4v) is 8.10. The number of hydrogen-bond donors (Lipinski definition) is 6. The molecule has 0 saturated heterocycles. The van der Waals surface area contributed by atoms with Gasteiger partial charge in [0.05, 0.1) is 6.61 Å². The Morgan fingerprint density at radius 1 is 0.517 bits per heavy atom. The van der Waals surface area contributed by atoms with E-state index in [2.05, 4.69) is 13.8 Å². The zero-order valence-corrected chi connectivity index (χ0v) is 37.0. The Labute approximate surface area is 350 Å². The van der Waals surface area contributed by atoms with Crippen LogP contribution in [0, 0.1) is 0 Å². The van der Waals surface area contributed by atoms with Gasteiger partial charge in [0.1, 0.15) is 43.2 Å². The van der Waals surface area contributed by atoms with E-state index in [4.69, 9.17) is 18.5 Å². The number of unbranched alkanes of at least 4 members (excludes halogenated alkanes) is 24. The van der Waals surface area contributed by atoms with E-state index in [0.29, 0.717) is 12.8 Å². The molecule has 1 rings (SSSR count). The van der Waals surface area contributed by atoms with Crippen molar-refractivity contribution >= 4 is 19.8 Å². The normalized spacial score (nSPS) is 22.6. The van der Waals surface area contributed by atoms with E-state index in [-0.39, 0.29) is 12.8 Å². The first kappa shape index (κ1) is 54.6. The minimum Gasteiger partial charge on any atom is -0.462 e. The molecule has 0 aliphatic heterocycles. The average molecular weight is 851 g/mol. The van der Waals surface area contributed by atoms with Crippen molar-refractivity contribution in [2.24, 2.45) is 0 Å². The molecule has 0 aromatic carbocycles. The van der Waals surface area contributed by atoms with Gasteiger partial charge in [-0.2, -0.15) is 0 Å². The molecular formula is C44H83O13P. The highest BCUT2D eigenvalue weighted by molar-refractivity contribution is 7.47. The molecule has 1 fully saturated rings. The van der Waals surface area contributed by atoms with Crippen LogP contribution >= 0.6 is 7.82 Å². The van der Waals surface area contributed by atoms with Crippen molar-refractivity contribution < 1.29 is 63.1 Å². The Bertz CT molecular complexity index is 1080. The Morgan fingerprint density at radius 2 is 0.914 bits per heavy atom. The SMILES string of the molecule is CCCCCCCCCCCCC/C=C/CCC(=O)O[C@@H](COC(=O)CCCCCCCCCCCCCCCC)COP(=O)(O)OC1C(O)C(O)C(O)[C@H](O)C1O. The molecule has 1 aliphatic carbocycles. The summed E-state index contributed by atoms with van der Waals surface area (Å²) in [4.78, 5) is 35.6. The molecule has 6 unspecified atom stereocenters. The fraction of sp³-hybridized carbons (Fsp3) is 0.909. The van der Waals surface area contributed by atoms with Gasteiger partial charge in [0.15, 0.2) is 6.10 Å². The minimum absolute atomic E-state index is 0.0180. The molecule has 1 saturated carbocycles. The van der Waals surface area contributed by atoms with Crippen molar-refractivity contribution in [1.29, 1.82) is 0 Å². The molecule has 0 radical (unpaired) electrons. The largest absolute Gasteiger partial charge is 0.472 e. The molecule has 0 heterocycles. The van der Waals surface area contributed by atoms with Crippen LogP contribution < -0.4 is 0 Å². The lowest BCUT2D eigenvalue weighted by atomic mass is 9.85. The predicted molar refractivity (Wildman–Crippen MR) is 226 cm³/mol. The van der Waals surface area contributed by atoms with Crippen LogP contribution in [0.25, 0.3) is 0 Å². The Hall–Kier alpha value is -1.41. The van der Waals surface area contributed by atoms with Gasteiger partial charge >= 0.3 is 19.8 Å². The number of ether oxygens (including phenoxy) is 2. The molecule has 0 spiro atoms. The van der Waals surface area contributed by atoms with Crippen molar-refractivity contribution in [3.05, 3.63) is 12.2 Å². The molecule has 0 aromatic rings. The lowest BCUT2D eigenvalue weighted by Gasteiger charge is -2.41. The zero-order chi connectivity index (χ0) is 42.9. The summed E-state index contributed by atoms with van der Waals surface area (Å²) < 4.78 is 33.4. The second-order valence-electron chi connectivity index (χ2n) is 16.3. The van der Waals surface area contributed by atoms with Gasteiger partial charge in [-0.05, 0) is 25.7 Å². The maximum absolute atomic E-state index is 12.8. The number of phosphoric ester groups is 1. The lowest BCUT2D eigenvalue weighted by Crippen LogP contribution is -2.64. The molecule has 6 N–H and O–H groups in total. The van der Waals surface area contributed by atoms with Crippen LogP contribution in [0.2, 0.25) is 0 Å². The summed E-state index contributed by atoms with van der Waals surface area (Å²) in [5.41, 5.74) is 0. The van der Waals surface area contributed by atoms with Crippen LogP contribution in [0.1, 0.15) is 200 Å². The average Bonchev–Trinajstić information content (AvgIpc) is 3.20. The van der Waals surface area contributed by atoms with Gasteiger partial charge in [0.25, 0.3) is 0 Å². The zero-order valence-electron chi connectivity index (χ0n) is 36.1. The number of aliphatic hydroxyl groups excluding tert-OH is 5. The molecule has 58 heavy (non-hydrogen) atoms. The second-order valence-corrected chi connectivity index (χ2v) is 17.7. The summed E-state index contributed by atoms with van der Waals surface area (Å²) in [6, 6.07) is 0. The topological polar surface area (TPSA) is 210 Å². The number of phosphoric acid groups is 1. The van der Waals surface area contributed by atoms with E-state index in [9.17, 15) is 44.6 Å². The predicted octanol–water partition coefficient (Wildman–Crippen LogP) is 8.67. The third-order valence-corrected chi connectivity index (χ3v) is 11.9. The van der Waals surface area contributed by atoms with Crippen molar-refractivity contribution in [2.45, 2.75) is 243 Å². The van der Waals surface area contributed by atoms with Crippen molar-refractivity contribution in [2.75, 3.05) is 13.2 Å². The highest BCUT2D eigenvalue weighted by atomic mass is 31.2. The molecule has 1 aliphatic rings. The third kappa shape index (κ3) is 27.4. The Balaban J connectivity index is 2.48. The second kappa shape index (κ2) is 35.2. The number of carbonyl (C=O) groups excluding carboxylic acids is 2. The number of rotatable bonds is 38. The number of carbonyl (C=O) groups is 2. The van der Waals surface area contributed by atoms with Crippen LogP contribution in [-0.2, 0) is 32.7 Å². The summed E-state index contributed by atoms with van der Waals surface area (Å²) >= 11 is 0. The Morgan fingerprint density at radius 3 is 1.38 bits per heavy atom. The van der Waals surface area contributed by atoms with E-state index in [1.54, 1.807) is 0 Å². The highest BCUT2D eigenvalue weighted by Gasteiger charge is 2.51. The monoisotopic (exact) mass is 851 g/mol. The molecule has 0 bridgehead atoms. The van der Waals surface area contributed by atoms with Gasteiger partial charge in [-0.1, -0.05) is 174 Å². The van der Waals surface area contributed by atoms with Gasteiger partial charge in [0.2, 0.25) is 0 Å². The standard InChI is InChI=1S/C44H83O13P/c1-3-5-7-9-11-13-15-17-19-21-23-25-27-29-31-33-38(46)56-36(35-55-58(52,53)57-44-42(50)40(48)39(47)41(49)43(44)51)34-54-37(45)32-30-28-26-24-22-20-18-16-14-12-10-8-6-4-2/h27,29,36,39-44,47-51H,3-26,28,30-35H2,1-2H3,(H,52,53)/b29-27+/t36-,39?,40-,41?,42?,43?,44?/m0/s1. The van der Waals surface area contributed by atoms with Gasteiger partial charge in [-0.3, -0.25) is 18.6 Å². The molecule has 0 amide bonds. The maximum Gasteiger partial charge on any atom is 0.472 e. The first-order chi connectivity index (χ1) is 27.9. The van der Waals surface area contributed by atoms with Crippen LogP contribution in [-0.4, -0.2) is 98.3 Å². The highest BCUT2D eigenvalue weighted by Crippen LogP contribution is 2.47. The maximum atomic E-state index is 12.8. The first-order valence-electron chi connectivity index (χ1n) is 23.0. The van der Waals surface area contributed by atoms with E-state index in [1.807, 2.05) is 12.2 Å². The fourth-order valence-electron chi connectivity index (χ4n) is 7.13. The van der Waals surface area contributed by atoms with Crippen LogP contribution in [0.4, 0.5) is 0 Å². The molecule has 13 nitrogen and oxygen atoms in total. The molecule has 14 heteroatoms. The number of aliphatic hydroxyl groups is 5. The van der Waals surface area contributed by atoms with Gasteiger partial charge in [-0.25, -0.2) is 4.57 Å². The third-order valence-electron chi connectivity index (χ3n) is 10.9. The number of allylic oxidation sites excluding steroid dienone is 2. The summed E-state index contributed by atoms with van der Waals surface area (Å²) in [6.07, 6.45) is 22.8. The summed E-state index contributed by atoms with van der Waals surface area (Å²) in [6.45, 7) is 3.28. The summed E-state index contributed by atoms with van der Waals surface area (Å²) in [5.74, 6) is -1.15. The van der Waals surface area contributed by atoms with Crippen molar-refractivity contribution in [1.82, 2.24) is 0 Å². The molecule has 8 atom stereocenters. The molecule has 0 aromatic heterocycles. The summed E-state index contributed by atoms with van der Waals surface area (Å²) in [5, 5.41) is 50.1. The van der Waals surface area contributed by atoms with Crippen LogP contribution in [0.15, 0.2) is 12.2 Å². The van der Waals surface area contributed by atoms with E-state index in [0.717, 1.165) is 32.1 Å². The number of hydrogen-bond acceptors (Lipinski definition) is 12. The smallest absolute Gasteiger partial charge is 0.462 e. The van der Waals surface area contributed by atoms with Crippen LogP contribution in [0.5, 0.6) is 0 Å². The van der Waals surface area contributed by atoms with E-state index >= 15 is 0 Å². The van der Waals surface area contributed by atoms with Gasteiger partial charge in [0, 0.05) is 12.8 Å². The lowest BCUT2D eigenvalue weighted by molar-refractivity contribution is -0.220. The Kier molecular flexibility index (Phi) is 33.2. The van der Waals surface area contributed by atoms with E-state index < -0.39 is 75.7 Å². The number of esters is 2. The van der Waals surface area contributed by atoms with Crippen molar-refractivity contribution in [3.63, 3.8) is 0 Å². The van der Waals surface area contributed by atoms with Gasteiger partial charge < -0.3 is 39.9 Å². The first-order valence-corrected chi connectivity index (χ1v) is 24.5. The van der Waals surface area contributed by atoms with E-state index in [1.165, 1.54) is 128 Å². The summed E-state index contributed by atoms with van der Waals surface area (Å²) in [7, 11) is -5.12. The quantitative estimate of drug-likeness (QED) is 0.0149. The van der Waals surface area contributed by atoms with Crippen LogP contribution in [0.3, 0.4) is 0 Å².